The van der Waals surface area contributed by atoms with E-state index < -0.39 is 0 Å². The molecule has 1 aromatic carbocycles. The highest BCUT2D eigenvalue weighted by atomic mass is 127. The molecular weight excluding hydrogens is 583 g/mol. The molecule has 0 amide bonds. The minimum atomic E-state index is -0.335. The summed E-state index contributed by atoms with van der Waals surface area (Å²) in [4.78, 5) is 12.4. The monoisotopic (exact) mass is 597 g/mol. The van der Waals surface area contributed by atoms with E-state index in [0.29, 0.717) is 5.56 Å². The fourth-order valence-electron chi connectivity index (χ4n) is 2.04. The predicted molar refractivity (Wildman–Crippen MR) is 101 cm³/mol. The molecule has 2 rings (SSSR count). The zero-order valence-corrected chi connectivity index (χ0v) is 16.9. The van der Waals surface area contributed by atoms with Gasteiger partial charge in [-0.2, -0.15) is 0 Å². The number of ether oxygens (including phenoxy) is 1. The highest BCUT2D eigenvalue weighted by Crippen LogP contribution is 2.27. The zero-order chi connectivity index (χ0) is 14.0. The first-order valence-electron chi connectivity index (χ1n) is 6.00. The molecule has 104 valence electrons. The van der Waals surface area contributed by atoms with Gasteiger partial charge >= 0.3 is 5.97 Å². The largest absolute Gasteiger partial charge is 0.456 e. The van der Waals surface area contributed by atoms with E-state index in [1.54, 1.807) is 0 Å². The average molecular weight is 597 g/mol. The minimum absolute atomic E-state index is 0.203. The third-order valence-electron chi connectivity index (χ3n) is 3.21. The molecule has 1 heterocycles. The van der Waals surface area contributed by atoms with Crippen LogP contribution in [0.2, 0.25) is 0 Å². The van der Waals surface area contributed by atoms with Gasteiger partial charge in [0, 0.05) is 10.7 Å². The number of halogens is 3. The fourth-order valence-corrected chi connectivity index (χ4v) is 4.42. The third kappa shape index (κ3) is 4.16. The molecule has 1 fully saturated rings. The van der Waals surface area contributed by atoms with Crippen molar-refractivity contribution < 1.29 is 9.53 Å². The first-order chi connectivity index (χ1) is 8.91. The molecule has 0 spiro atoms. The van der Waals surface area contributed by atoms with Crippen LogP contribution in [0.15, 0.2) is 12.1 Å². The molecule has 0 radical (unpaired) electrons. The van der Waals surface area contributed by atoms with E-state index in [4.69, 9.17) is 4.74 Å². The van der Waals surface area contributed by atoms with Gasteiger partial charge in [-0.1, -0.05) is 0 Å². The maximum Gasteiger partial charge on any atom is 0.339 e. The van der Waals surface area contributed by atoms with Gasteiger partial charge in [0.25, 0.3) is 0 Å². The van der Waals surface area contributed by atoms with E-state index in [1.165, 1.54) is 0 Å². The lowest BCUT2D eigenvalue weighted by Gasteiger charge is -2.33. The lowest BCUT2D eigenvalue weighted by molar-refractivity contribution is -0.0235. The number of carbonyl (C=O) groups is 1. The molecule has 0 atom stereocenters. The van der Waals surface area contributed by atoms with Crippen LogP contribution in [0.3, 0.4) is 0 Å². The SMILES string of the molecule is CC1(OC(=O)c2cc(I)cc(I)c2I)CCNCC1. The van der Waals surface area contributed by atoms with Gasteiger partial charge in [-0.3, -0.25) is 0 Å². The van der Waals surface area contributed by atoms with Crippen LogP contribution >= 0.6 is 67.8 Å². The van der Waals surface area contributed by atoms with Crippen molar-refractivity contribution >= 4 is 73.7 Å². The molecule has 0 aliphatic carbocycles. The lowest BCUT2D eigenvalue weighted by atomic mass is 9.94. The summed E-state index contributed by atoms with van der Waals surface area (Å²) in [5, 5.41) is 3.29. The van der Waals surface area contributed by atoms with Crippen LogP contribution in [0.1, 0.15) is 30.1 Å². The van der Waals surface area contributed by atoms with E-state index >= 15 is 0 Å². The van der Waals surface area contributed by atoms with Crippen LogP contribution in [0.4, 0.5) is 0 Å². The topological polar surface area (TPSA) is 38.3 Å². The predicted octanol–water partition coefficient (Wildman–Crippen LogP) is 3.80. The number of nitrogens with one attached hydrogen (secondary N) is 1. The molecule has 0 aromatic heterocycles. The fraction of sp³-hybridized carbons (Fsp3) is 0.462. The molecule has 0 bridgehead atoms. The van der Waals surface area contributed by atoms with Crippen molar-refractivity contribution in [3.63, 3.8) is 0 Å². The van der Waals surface area contributed by atoms with Gasteiger partial charge in [0.1, 0.15) is 5.60 Å². The minimum Gasteiger partial charge on any atom is -0.456 e. The zero-order valence-electron chi connectivity index (χ0n) is 10.4. The number of piperidine rings is 1. The Morgan fingerprint density at radius 2 is 1.89 bits per heavy atom. The summed E-state index contributed by atoms with van der Waals surface area (Å²) in [7, 11) is 0. The van der Waals surface area contributed by atoms with Crippen LogP contribution in [0, 0.1) is 10.7 Å². The molecule has 1 saturated heterocycles. The molecule has 1 aliphatic heterocycles. The molecular formula is C13H14I3NO2. The van der Waals surface area contributed by atoms with Crippen LogP contribution in [0.25, 0.3) is 0 Å². The normalized spacial score (nSPS) is 18.1. The van der Waals surface area contributed by atoms with E-state index in [-0.39, 0.29) is 11.6 Å². The van der Waals surface area contributed by atoms with E-state index in [0.717, 1.165) is 36.6 Å². The van der Waals surface area contributed by atoms with Crippen LogP contribution in [-0.4, -0.2) is 24.7 Å². The van der Waals surface area contributed by atoms with E-state index in [9.17, 15) is 4.79 Å². The summed E-state index contributed by atoms with van der Waals surface area (Å²) in [5.41, 5.74) is 0.342. The Hall–Kier alpha value is 0.840. The number of hydrogen-bond acceptors (Lipinski definition) is 3. The third-order valence-corrected chi connectivity index (χ3v) is 6.88. The second-order valence-corrected chi connectivity index (χ2v) is 8.33. The summed E-state index contributed by atoms with van der Waals surface area (Å²) in [5.74, 6) is -0.203. The number of carbonyl (C=O) groups excluding carboxylic acids is 1. The molecule has 1 N–H and O–H groups in total. The van der Waals surface area contributed by atoms with Gasteiger partial charge in [0.2, 0.25) is 0 Å². The van der Waals surface area contributed by atoms with Gasteiger partial charge in [-0.15, -0.1) is 0 Å². The molecule has 0 saturated carbocycles. The van der Waals surface area contributed by atoms with Crippen molar-refractivity contribution in [1.29, 1.82) is 0 Å². The number of esters is 1. The van der Waals surface area contributed by atoms with E-state index in [2.05, 4.69) is 79.2 Å². The van der Waals surface area contributed by atoms with Crippen molar-refractivity contribution in [3.05, 3.63) is 28.4 Å². The van der Waals surface area contributed by atoms with Crippen molar-refractivity contribution in [3.8, 4) is 0 Å². The Balaban J connectivity index is 2.20. The average Bonchev–Trinajstić information content (AvgIpc) is 2.34. The quantitative estimate of drug-likeness (QED) is 0.321. The van der Waals surface area contributed by atoms with Crippen molar-refractivity contribution in [2.45, 2.75) is 25.4 Å². The van der Waals surface area contributed by atoms with Crippen molar-refractivity contribution in [2.75, 3.05) is 13.1 Å². The Morgan fingerprint density at radius 3 is 2.53 bits per heavy atom. The number of rotatable bonds is 2. The summed E-state index contributed by atoms with van der Waals surface area (Å²) in [6.07, 6.45) is 1.74. The number of benzene rings is 1. The number of hydrogen-bond donors (Lipinski definition) is 1. The molecule has 1 aliphatic rings. The maximum atomic E-state index is 12.4. The maximum absolute atomic E-state index is 12.4. The first-order valence-corrected chi connectivity index (χ1v) is 9.23. The summed E-state index contributed by atoms with van der Waals surface area (Å²) in [6.45, 7) is 3.84. The first kappa shape index (κ1) is 16.2. The van der Waals surface area contributed by atoms with Crippen LogP contribution in [-0.2, 0) is 4.74 Å². The van der Waals surface area contributed by atoms with Gasteiger partial charge in [-0.25, -0.2) is 4.79 Å². The Labute approximate surface area is 154 Å². The molecule has 19 heavy (non-hydrogen) atoms. The Kier molecular flexibility index (Phi) is 5.75. The summed E-state index contributed by atoms with van der Waals surface area (Å²) < 4.78 is 8.89. The molecule has 0 unspecified atom stereocenters. The standard InChI is InChI=1S/C13H14I3NO2/c1-13(2-4-17-5-3-13)19-12(18)9-6-8(14)7-10(15)11(9)16/h6-7,17H,2-5H2,1H3. The second-order valence-electron chi connectivity index (χ2n) is 4.84. The molecule has 3 nitrogen and oxygen atoms in total. The highest BCUT2D eigenvalue weighted by molar-refractivity contribution is 14.1. The van der Waals surface area contributed by atoms with Crippen molar-refractivity contribution in [1.82, 2.24) is 5.32 Å². The highest BCUT2D eigenvalue weighted by Gasteiger charge is 2.31. The molecule has 6 heteroatoms. The van der Waals surface area contributed by atoms with Gasteiger partial charge in [0.15, 0.2) is 0 Å². The Bertz CT molecular complexity index is 499. The van der Waals surface area contributed by atoms with Crippen LogP contribution in [0.5, 0.6) is 0 Å². The Morgan fingerprint density at radius 1 is 1.26 bits per heavy atom. The van der Waals surface area contributed by atoms with Crippen molar-refractivity contribution in [2.24, 2.45) is 0 Å². The van der Waals surface area contributed by atoms with Crippen LogP contribution < -0.4 is 5.32 Å². The summed E-state index contributed by atoms with van der Waals surface area (Å²) in [6, 6.07) is 3.96. The lowest BCUT2D eigenvalue weighted by Crippen LogP contribution is -2.43. The molecule has 1 aromatic rings. The van der Waals surface area contributed by atoms with Gasteiger partial charge in [0.05, 0.1) is 5.56 Å². The van der Waals surface area contributed by atoms with Gasteiger partial charge < -0.3 is 10.1 Å². The second kappa shape index (κ2) is 6.73. The van der Waals surface area contributed by atoms with Gasteiger partial charge in [-0.05, 0) is 113 Å². The van der Waals surface area contributed by atoms with E-state index in [1.807, 2.05) is 13.0 Å². The smallest absolute Gasteiger partial charge is 0.339 e. The summed E-state index contributed by atoms with van der Waals surface area (Å²) >= 11 is 6.69.